The molecule has 0 spiro atoms. The molecule has 2 N–H and O–H groups in total. The molecule has 10 nitrogen and oxygen atoms in total. The van der Waals surface area contributed by atoms with Gasteiger partial charge in [0.25, 0.3) is 5.69 Å². The average molecular weight is 426 g/mol. The van der Waals surface area contributed by atoms with Crippen molar-refractivity contribution in [1.82, 2.24) is 14.7 Å². The van der Waals surface area contributed by atoms with Crippen molar-refractivity contribution in [3.05, 3.63) is 64.5 Å². The van der Waals surface area contributed by atoms with Crippen LogP contribution in [-0.2, 0) is 16.0 Å². The Labute approximate surface area is 177 Å². The number of benzene rings is 1. The van der Waals surface area contributed by atoms with Crippen molar-refractivity contribution in [2.45, 2.75) is 38.8 Å². The van der Waals surface area contributed by atoms with E-state index >= 15 is 0 Å². The summed E-state index contributed by atoms with van der Waals surface area (Å²) in [7, 11) is 0. The fraction of sp³-hybridized carbons (Fsp3) is 0.286. The second-order valence-corrected chi connectivity index (χ2v) is 7.88. The Morgan fingerprint density at radius 3 is 2.48 bits per heavy atom. The zero-order chi connectivity index (χ0) is 22.8. The molecule has 162 valence electrons. The van der Waals surface area contributed by atoms with Gasteiger partial charge in [0.15, 0.2) is 0 Å². The molecule has 2 aromatic heterocycles. The van der Waals surface area contributed by atoms with E-state index in [4.69, 9.17) is 4.74 Å². The van der Waals surface area contributed by atoms with Crippen molar-refractivity contribution < 1.29 is 24.4 Å². The number of fused-ring (bicyclic) bond motifs is 1. The monoisotopic (exact) mass is 426 g/mol. The minimum absolute atomic E-state index is 0.0657. The van der Waals surface area contributed by atoms with Gasteiger partial charge in [0.1, 0.15) is 17.3 Å². The molecule has 3 aromatic rings. The van der Waals surface area contributed by atoms with Crippen LogP contribution in [0.1, 0.15) is 26.5 Å². The van der Waals surface area contributed by atoms with Gasteiger partial charge < -0.3 is 19.6 Å². The van der Waals surface area contributed by atoms with Gasteiger partial charge in [-0.05, 0) is 45.0 Å². The van der Waals surface area contributed by atoms with Crippen LogP contribution in [0.15, 0.2) is 48.7 Å². The number of carboxylic acid groups (broad SMARTS) is 1. The topological polar surface area (TPSA) is 136 Å². The number of rotatable bonds is 6. The van der Waals surface area contributed by atoms with E-state index in [1.807, 2.05) is 0 Å². The number of nitrogens with zero attached hydrogens (tertiary/aromatic N) is 3. The first-order chi connectivity index (χ1) is 14.5. The van der Waals surface area contributed by atoms with Gasteiger partial charge in [0.05, 0.1) is 16.3 Å². The van der Waals surface area contributed by atoms with E-state index in [0.717, 1.165) is 0 Å². The lowest BCUT2D eigenvalue weighted by Crippen LogP contribution is -2.44. The minimum Gasteiger partial charge on any atom is -0.480 e. The Balaban J connectivity index is 1.99. The fourth-order valence-corrected chi connectivity index (χ4v) is 3.06. The third kappa shape index (κ3) is 5.16. The molecule has 3 rings (SSSR count). The molecule has 0 fully saturated rings. The lowest BCUT2D eigenvalue weighted by atomic mass is 10.0. The molecule has 2 heterocycles. The van der Waals surface area contributed by atoms with Crippen LogP contribution in [0.3, 0.4) is 0 Å². The number of hydrogen-bond acceptors (Lipinski definition) is 6. The standard InChI is InChI=1S/C21H22N4O6/c1-21(2,3)31-20(28)22-15(19(26)27)12-16-18(23-17-6-4-5-11-24(16)17)13-7-9-14(10-8-13)25(29)30/h4-11,15H,12H2,1-3H3,(H,22,28)(H,26,27). The van der Waals surface area contributed by atoms with E-state index in [0.29, 0.717) is 22.6 Å². The summed E-state index contributed by atoms with van der Waals surface area (Å²) in [5.41, 5.74) is 1.33. The van der Waals surface area contributed by atoms with Crippen molar-refractivity contribution in [2.24, 2.45) is 0 Å². The molecule has 1 amide bonds. The number of aromatic nitrogens is 2. The first kappa shape index (κ1) is 21.8. The number of nitrogens with one attached hydrogen (secondary N) is 1. The molecule has 0 radical (unpaired) electrons. The average Bonchev–Trinajstić information content (AvgIpc) is 3.04. The number of hydrogen-bond donors (Lipinski definition) is 2. The lowest BCUT2D eigenvalue weighted by Gasteiger charge is -2.22. The molecule has 0 saturated carbocycles. The van der Waals surface area contributed by atoms with E-state index in [2.05, 4.69) is 10.3 Å². The third-order valence-electron chi connectivity index (χ3n) is 4.37. The van der Waals surface area contributed by atoms with Gasteiger partial charge in [-0.15, -0.1) is 0 Å². The summed E-state index contributed by atoms with van der Waals surface area (Å²) in [6.45, 7) is 5.04. The Morgan fingerprint density at radius 2 is 1.90 bits per heavy atom. The van der Waals surface area contributed by atoms with Gasteiger partial charge in [0, 0.05) is 30.3 Å². The van der Waals surface area contributed by atoms with Gasteiger partial charge >= 0.3 is 12.1 Å². The molecule has 31 heavy (non-hydrogen) atoms. The summed E-state index contributed by atoms with van der Waals surface area (Å²) in [4.78, 5) is 39.0. The molecule has 1 unspecified atom stereocenters. The molecule has 0 aliphatic rings. The number of aliphatic carboxylic acids is 1. The number of non-ortho nitro benzene ring substituents is 1. The number of nitro benzene ring substituents is 1. The number of alkyl carbamates (subject to hydrolysis) is 1. The highest BCUT2D eigenvalue weighted by atomic mass is 16.6. The summed E-state index contributed by atoms with van der Waals surface area (Å²) < 4.78 is 6.90. The highest BCUT2D eigenvalue weighted by Crippen LogP contribution is 2.27. The number of amides is 1. The summed E-state index contributed by atoms with van der Waals surface area (Å²) >= 11 is 0. The van der Waals surface area contributed by atoms with Crippen molar-refractivity contribution in [3.8, 4) is 11.3 Å². The quantitative estimate of drug-likeness (QED) is 0.455. The van der Waals surface area contributed by atoms with Crippen molar-refractivity contribution >= 4 is 23.4 Å². The van der Waals surface area contributed by atoms with Crippen LogP contribution in [-0.4, -0.2) is 43.1 Å². The van der Waals surface area contributed by atoms with E-state index in [1.54, 1.807) is 61.7 Å². The maximum absolute atomic E-state index is 12.1. The lowest BCUT2D eigenvalue weighted by molar-refractivity contribution is -0.384. The van der Waals surface area contributed by atoms with Crippen LogP contribution < -0.4 is 5.32 Å². The molecular formula is C21H22N4O6. The van der Waals surface area contributed by atoms with Gasteiger partial charge in [0.2, 0.25) is 0 Å². The summed E-state index contributed by atoms with van der Waals surface area (Å²) in [5.74, 6) is -1.23. The first-order valence-corrected chi connectivity index (χ1v) is 9.48. The molecule has 0 aliphatic carbocycles. The third-order valence-corrected chi connectivity index (χ3v) is 4.37. The van der Waals surface area contributed by atoms with E-state index in [-0.39, 0.29) is 12.1 Å². The van der Waals surface area contributed by atoms with Crippen LogP contribution in [0.2, 0.25) is 0 Å². The summed E-state index contributed by atoms with van der Waals surface area (Å²) in [6, 6.07) is 9.88. The van der Waals surface area contributed by atoms with E-state index < -0.39 is 28.6 Å². The van der Waals surface area contributed by atoms with Gasteiger partial charge in [-0.25, -0.2) is 14.6 Å². The smallest absolute Gasteiger partial charge is 0.408 e. The van der Waals surface area contributed by atoms with Crippen LogP contribution >= 0.6 is 0 Å². The van der Waals surface area contributed by atoms with Crippen LogP contribution in [0.4, 0.5) is 10.5 Å². The number of carboxylic acids is 1. The minimum atomic E-state index is -1.27. The largest absolute Gasteiger partial charge is 0.480 e. The Bertz CT molecular complexity index is 1130. The second-order valence-electron chi connectivity index (χ2n) is 7.88. The van der Waals surface area contributed by atoms with E-state index in [1.165, 1.54) is 12.1 Å². The number of carbonyl (C=O) groups is 2. The molecule has 1 aromatic carbocycles. The van der Waals surface area contributed by atoms with Crippen LogP contribution in [0.25, 0.3) is 16.9 Å². The predicted molar refractivity (Wildman–Crippen MR) is 112 cm³/mol. The van der Waals surface area contributed by atoms with Crippen LogP contribution in [0, 0.1) is 10.1 Å². The van der Waals surface area contributed by atoms with Gasteiger partial charge in [-0.3, -0.25) is 10.1 Å². The number of nitro groups is 1. The Morgan fingerprint density at radius 1 is 1.23 bits per heavy atom. The molecule has 0 bridgehead atoms. The SMILES string of the molecule is CC(C)(C)OC(=O)NC(Cc1c(-c2ccc([N+](=O)[O-])cc2)nc2ccccn12)C(=O)O. The van der Waals surface area contributed by atoms with Crippen LogP contribution in [0.5, 0.6) is 0 Å². The van der Waals surface area contributed by atoms with Gasteiger partial charge in [-0.1, -0.05) is 6.07 Å². The normalized spacial score (nSPS) is 12.4. The molecule has 1 atom stereocenters. The molecular weight excluding hydrogens is 404 g/mol. The number of ether oxygens (including phenoxy) is 1. The van der Waals surface area contributed by atoms with Gasteiger partial charge in [-0.2, -0.15) is 0 Å². The Hall–Kier alpha value is -3.95. The second kappa shape index (κ2) is 8.42. The Kier molecular flexibility index (Phi) is 5.91. The van der Waals surface area contributed by atoms with Crippen molar-refractivity contribution in [2.75, 3.05) is 0 Å². The highest BCUT2D eigenvalue weighted by molar-refractivity contribution is 5.81. The highest BCUT2D eigenvalue weighted by Gasteiger charge is 2.27. The maximum atomic E-state index is 12.1. The maximum Gasteiger partial charge on any atom is 0.408 e. The predicted octanol–water partition coefficient (Wildman–Crippen LogP) is 3.43. The zero-order valence-electron chi connectivity index (χ0n) is 17.2. The molecule has 0 aliphatic heterocycles. The van der Waals surface area contributed by atoms with E-state index in [9.17, 15) is 24.8 Å². The molecule has 10 heteroatoms. The zero-order valence-corrected chi connectivity index (χ0v) is 17.2. The summed E-state index contributed by atoms with van der Waals surface area (Å²) in [5, 5.41) is 23.0. The number of carbonyl (C=O) groups excluding carboxylic acids is 1. The molecule has 0 saturated heterocycles. The number of pyridine rings is 1. The summed E-state index contributed by atoms with van der Waals surface area (Å²) in [6.07, 6.45) is 0.816. The van der Waals surface area contributed by atoms with Crippen molar-refractivity contribution in [1.29, 1.82) is 0 Å². The fourth-order valence-electron chi connectivity index (χ4n) is 3.06. The number of imidazole rings is 1. The first-order valence-electron chi connectivity index (χ1n) is 9.48. The van der Waals surface area contributed by atoms with Crippen molar-refractivity contribution in [3.63, 3.8) is 0 Å².